The van der Waals surface area contributed by atoms with Crippen LogP contribution in [0.3, 0.4) is 0 Å². The summed E-state index contributed by atoms with van der Waals surface area (Å²) in [5.41, 5.74) is 6.49. The van der Waals surface area contributed by atoms with Crippen molar-refractivity contribution in [2.75, 3.05) is 5.32 Å². The van der Waals surface area contributed by atoms with Crippen molar-refractivity contribution in [1.82, 2.24) is 0 Å². The average molecular weight is 318 g/mol. The second kappa shape index (κ2) is 6.07. The maximum Gasteiger partial charge on any atom is 0.241 e. The normalized spacial score (nSPS) is 12.2. The zero-order chi connectivity index (χ0) is 11.3. The molecule has 0 aliphatic carbocycles. The highest BCUT2D eigenvalue weighted by molar-refractivity contribution is 14.1. The number of anilines is 1. The van der Waals surface area contributed by atoms with Crippen molar-refractivity contribution < 1.29 is 4.79 Å². The number of carbonyl (C=O) groups is 1. The molecule has 3 nitrogen and oxygen atoms in total. The molecular weight excluding hydrogens is 303 g/mol. The van der Waals surface area contributed by atoms with Crippen LogP contribution in [0, 0.1) is 3.57 Å². The number of hydrogen-bond donors (Lipinski definition) is 2. The number of amides is 1. The van der Waals surface area contributed by atoms with E-state index in [1.807, 2.05) is 31.2 Å². The summed E-state index contributed by atoms with van der Waals surface area (Å²) in [6.45, 7) is 2.01. The van der Waals surface area contributed by atoms with Crippen molar-refractivity contribution in [2.45, 2.75) is 25.8 Å². The standard InChI is InChI=1S/C11H15IN2O/c1-2-3-10(13)11(15)14-9-6-4-8(12)5-7-9/h4-7,10H,2-3,13H2,1H3,(H,14,15)/t10-/m0/s1. The minimum Gasteiger partial charge on any atom is -0.325 e. The molecule has 0 unspecified atom stereocenters. The zero-order valence-electron chi connectivity index (χ0n) is 8.66. The summed E-state index contributed by atoms with van der Waals surface area (Å²) < 4.78 is 1.14. The fraction of sp³-hybridized carbons (Fsp3) is 0.364. The lowest BCUT2D eigenvalue weighted by Gasteiger charge is -2.10. The molecule has 0 bridgehead atoms. The summed E-state index contributed by atoms with van der Waals surface area (Å²) in [6, 6.07) is 7.23. The van der Waals surface area contributed by atoms with E-state index in [-0.39, 0.29) is 5.91 Å². The molecule has 3 N–H and O–H groups in total. The van der Waals surface area contributed by atoms with E-state index in [1.54, 1.807) is 0 Å². The summed E-state index contributed by atoms with van der Waals surface area (Å²) in [4.78, 5) is 11.5. The quantitative estimate of drug-likeness (QED) is 0.838. The van der Waals surface area contributed by atoms with Gasteiger partial charge in [0.1, 0.15) is 0 Å². The van der Waals surface area contributed by atoms with Gasteiger partial charge in [-0.05, 0) is 53.3 Å². The first-order chi connectivity index (χ1) is 7.13. The Kier molecular flexibility index (Phi) is 5.04. The summed E-state index contributed by atoms with van der Waals surface area (Å²) in [5.74, 6) is -0.113. The van der Waals surface area contributed by atoms with Gasteiger partial charge in [0.05, 0.1) is 6.04 Å². The first kappa shape index (κ1) is 12.4. The zero-order valence-corrected chi connectivity index (χ0v) is 10.8. The highest BCUT2D eigenvalue weighted by atomic mass is 127. The monoisotopic (exact) mass is 318 g/mol. The Balaban J connectivity index is 2.54. The molecule has 4 heteroatoms. The second-order valence-electron chi connectivity index (χ2n) is 3.39. The van der Waals surface area contributed by atoms with Crippen LogP contribution in [0.5, 0.6) is 0 Å². The van der Waals surface area contributed by atoms with Crippen LogP contribution in [-0.2, 0) is 4.79 Å². The van der Waals surface area contributed by atoms with E-state index in [1.165, 1.54) is 0 Å². The van der Waals surface area contributed by atoms with Crippen LogP contribution in [0.25, 0.3) is 0 Å². The predicted octanol–water partition coefficient (Wildman–Crippen LogP) is 2.36. The van der Waals surface area contributed by atoms with Gasteiger partial charge in [0.2, 0.25) is 5.91 Å². The Hall–Kier alpha value is -0.620. The molecule has 1 aromatic carbocycles. The fourth-order valence-electron chi connectivity index (χ4n) is 1.21. The number of benzene rings is 1. The largest absolute Gasteiger partial charge is 0.325 e. The van der Waals surface area contributed by atoms with Crippen LogP contribution in [0.15, 0.2) is 24.3 Å². The summed E-state index contributed by atoms with van der Waals surface area (Å²) in [7, 11) is 0. The molecule has 0 saturated heterocycles. The van der Waals surface area contributed by atoms with Gasteiger partial charge >= 0.3 is 0 Å². The number of rotatable bonds is 4. The van der Waals surface area contributed by atoms with Crippen molar-refractivity contribution in [3.63, 3.8) is 0 Å². The van der Waals surface area contributed by atoms with Gasteiger partial charge in [0, 0.05) is 9.26 Å². The van der Waals surface area contributed by atoms with Crippen molar-refractivity contribution in [3.05, 3.63) is 27.8 Å². The maximum absolute atomic E-state index is 11.5. The van der Waals surface area contributed by atoms with Crippen LogP contribution in [0.4, 0.5) is 5.69 Å². The lowest BCUT2D eigenvalue weighted by Crippen LogP contribution is -2.35. The number of nitrogens with two attached hydrogens (primary N) is 1. The SMILES string of the molecule is CCC[C@H](N)C(=O)Nc1ccc(I)cc1. The number of carbonyl (C=O) groups excluding carboxylic acids is 1. The predicted molar refractivity (Wildman–Crippen MR) is 70.7 cm³/mol. The molecule has 82 valence electrons. The average Bonchev–Trinajstić information content (AvgIpc) is 2.22. The summed E-state index contributed by atoms with van der Waals surface area (Å²) >= 11 is 2.22. The van der Waals surface area contributed by atoms with E-state index in [4.69, 9.17) is 5.73 Å². The number of nitrogens with one attached hydrogen (secondary N) is 1. The molecule has 0 spiro atoms. The molecule has 0 aliphatic rings. The molecule has 0 radical (unpaired) electrons. The first-order valence-electron chi connectivity index (χ1n) is 4.95. The third-order valence-electron chi connectivity index (χ3n) is 2.05. The van der Waals surface area contributed by atoms with E-state index in [0.29, 0.717) is 0 Å². The Bertz CT molecular complexity index is 324. The molecular formula is C11H15IN2O. The third kappa shape index (κ3) is 4.17. The van der Waals surface area contributed by atoms with Crippen LogP contribution in [0.1, 0.15) is 19.8 Å². The third-order valence-corrected chi connectivity index (χ3v) is 2.77. The minimum atomic E-state index is -0.408. The smallest absolute Gasteiger partial charge is 0.241 e. The Morgan fingerprint density at radius 1 is 1.47 bits per heavy atom. The topological polar surface area (TPSA) is 55.1 Å². The van der Waals surface area contributed by atoms with E-state index in [0.717, 1.165) is 22.1 Å². The van der Waals surface area contributed by atoms with E-state index in [9.17, 15) is 4.79 Å². The van der Waals surface area contributed by atoms with Crippen LogP contribution < -0.4 is 11.1 Å². The van der Waals surface area contributed by atoms with Gasteiger partial charge in [-0.15, -0.1) is 0 Å². The van der Waals surface area contributed by atoms with Crippen LogP contribution in [-0.4, -0.2) is 11.9 Å². The maximum atomic E-state index is 11.5. The van der Waals surface area contributed by atoms with Gasteiger partial charge in [-0.2, -0.15) is 0 Å². The van der Waals surface area contributed by atoms with Gasteiger partial charge in [-0.3, -0.25) is 4.79 Å². The Morgan fingerprint density at radius 2 is 2.07 bits per heavy atom. The fourth-order valence-corrected chi connectivity index (χ4v) is 1.57. The van der Waals surface area contributed by atoms with Crippen molar-refractivity contribution in [3.8, 4) is 0 Å². The van der Waals surface area contributed by atoms with Crippen molar-refractivity contribution >= 4 is 34.2 Å². The van der Waals surface area contributed by atoms with Crippen molar-refractivity contribution in [2.24, 2.45) is 5.73 Å². The Labute approximate surface area is 104 Å². The summed E-state index contributed by atoms with van der Waals surface area (Å²) in [6.07, 6.45) is 1.64. The van der Waals surface area contributed by atoms with Gasteiger partial charge < -0.3 is 11.1 Å². The molecule has 0 aliphatic heterocycles. The lowest BCUT2D eigenvalue weighted by molar-refractivity contribution is -0.117. The molecule has 0 heterocycles. The molecule has 0 fully saturated rings. The molecule has 0 aromatic heterocycles. The molecule has 1 aromatic rings. The Morgan fingerprint density at radius 3 is 2.60 bits per heavy atom. The second-order valence-corrected chi connectivity index (χ2v) is 4.64. The van der Waals surface area contributed by atoms with Crippen LogP contribution >= 0.6 is 22.6 Å². The van der Waals surface area contributed by atoms with E-state index >= 15 is 0 Å². The lowest BCUT2D eigenvalue weighted by atomic mass is 10.1. The minimum absolute atomic E-state index is 0.113. The molecule has 0 saturated carbocycles. The van der Waals surface area contributed by atoms with E-state index in [2.05, 4.69) is 27.9 Å². The molecule has 1 amide bonds. The summed E-state index contributed by atoms with van der Waals surface area (Å²) in [5, 5.41) is 2.79. The van der Waals surface area contributed by atoms with E-state index < -0.39 is 6.04 Å². The van der Waals surface area contributed by atoms with Crippen molar-refractivity contribution in [1.29, 1.82) is 0 Å². The molecule has 15 heavy (non-hydrogen) atoms. The first-order valence-corrected chi connectivity index (χ1v) is 6.03. The number of hydrogen-bond acceptors (Lipinski definition) is 2. The van der Waals surface area contributed by atoms with Gasteiger partial charge in [0.15, 0.2) is 0 Å². The van der Waals surface area contributed by atoms with Crippen LogP contribution in [0.2, 0.25) is 0 Å². The highest BCUT2D eigenvalue weighted by Gasteiger charge is 2.11. The molecule has 1 rings (SSSR count). The van der Waals surface area contributed by atoms with Gasteiger partial charge in [-0.1, -0.05) is 13.3 Å². The van der Waals surface area contributed by atoms with Gasteiger partial charge in [0.25, 0.3) is 0 Å². The molecule has 1 atom stereocenters. The van der Waals surface area contributed by atoms with Gasteiger partial charge in [-0.25, -0.2) is 0 Å². The number of halogens is 1. The highest BCUT2D eigenvalue weighted by Crippen LogP contribution is 2.11.